The molecule has 3 aromatic rings. The summed E-state index contributed by atoms with van der Waals surface area (Å²) in [6, 6.07) is 14.7. The Morgan fingerprint density at radius 3 is 2.31 bits per heavy atom. The Labute approximate surface area is 229 Å². The van der Waals surface area contributed by atoms with Crippen molar-refractivity contribution in [1.29, 1.82) is 0 Å². The number of ether oxygens (including phenoxy) is 2. The molecule has 2 amide bonds. The van der Waals surface area contributed by atoms with Gasteiger partial charge in [-0.05, 0) is 71.7 Å². The smallest absolute Gasteiger partial charge is 0.410 e. The number of likely N-dealkylation sites (tertiary alicyclic amines) is 1. The van der Waals surface area contributed by atoms with Gasteiger partial charge >= 0.3 is 12.1 Å². The Morgan fingerprint density at radius 1 is 1.00 bits per heavy atom. The first-order valence-corrected chi connectivity index (χ1v) is 13.3. The summed E-state index contributed by atoms with van der Waals surface area (Å²) in [6.45, 7) is 10.5. The standard InChI is InChI=1S/C30H36N4O5/c1-6-38-28(36)23-9-7-8-10-25(23)32-27(35)24-19-31-34(22-13-11-20(2)12-14-22)26(24)21-15-17-33(18-16-21)29(37)39-30(3,4)5/h7-14,19,21H,6,15-18H2,1-5H3,(H,32,35). The SMILES string of the molecule is CCOC(=O)c1ccccc1NC(=O)c1cnn(-c2ccc(C)cc2)c1C1CCN(C(=O)OC(C)(C)C)CC1. The first kappa shape index (κ1) is 27.9. The molecule has 0 saturated carbocycles. The maximum Gasteiger partial charge on any atom is 0.410 e. The normalized spacial score (nSPS) is 14.1. The van der Waals surface area contributed by atoms with E-state index in [1.807, 2.05) is 52.0 Å². The van der Waals surface area contributed by atoms with Crippen molar-refractivity contribution in [2.24, 2.45) is 0 Å². The highest BCUT2D eigenvalue weighted by atomic mass is 16.6. The first-order chi connectivity index (χ1) is 18.6. The zero-order valence-electron chi connectivity index (χ0n) is 23.2. The molecule has 0 bridgehead atoms. The van der Waals surface area contributed by atoms with E-state index in [2.05, 4.69) is 10.4 Å². The maximum absolute atomic E-state index is 13.6. The highest BCUT2D eigenvalue weighted by molar-refractivity contribution is 6.08. The van der Waals surface area contributed by atoms with E-state index in [9.17, 15) is 14.4 Å². The number of hydrogen-bond donors (Lipinski definition) is 1. The average Bonchev–Trinajstić information content (AvgIpc) is 3.34. The minimum atomic E-state index is -0.566. The van der Waals surface area contributed by atoms with Gasteiger partial charge in [0.2, 0.25) is 0 Å². The Morgan fingerprint density at radius 2 is 1.67 bits per heavy atom. The number of amides is 2. The van der Waals surface area contributed by atoms with Gasteiger partial charge in [-0.25, -0.2) is 14.3 Å². The number of para-hydroxylation sites is 1. The molecule has 9 nitrogen and oxygen atoms in total. The van der Waals surface area contributed by atoms with E-state index in [1.54, 1.807) is 47.0 Å². The predicted molar refractivity (Wildman–Crippen MR) is 148 cm³/mol. The van der Waals surface area contributed by atoms with Gasteiger partial charge < -0.3 is 19.7 Å². The molecule has 1 aromatic heterocycles. The Balaban J connectivity index is 1.63. The number of carbonyl (C=O) groups is 3. The maximum atomic E-state index is 13.6. The Bertz CT molecular complexity index is 1330. The molecule has 0 atom stereocenters. The number of aryl methyl sites for hydroxylation is 1. The van der Waals surface area contributed by atoms with Crippen molar-refractivity contribution in [3.8, 4) is 5.69 Å². The van der Waals surface area contributed by atoms with Crippen LogP contribution >= 0.6 is 0 Å². The van der Waals surface area contributed by atoms with E-state index in [1.165, 1.54) is 0 Å². The van der Waals surface area contributed by atoms with Crippen LogP contribution in [0.4, 0.5) is 10.5 Å². The quantitative estimate of drug-likeness (QED) is 0.407. The van der Waals surface area contributed by atoms with Crippen LogP contribution in [-0.4, -0.2) is 57.9 Å². The van der Waals surface area contributed by atoms with Gasteiger partial charge in [-0.15, -0.1) is 0 Å². The van der Waals surface area contributed by atoms with Gasteiger partial charge in [0.15, 0.2) is 0 Å². The molecule has 0 radical (unpaired) electrons. The van der Waals surface area contributed by atoms with Crippen LogP contribution in [0.1, 0.15) is 78.4 Å². The minimum absolute atomic E-state index is 0.0199. The molecular formula is C30H36N4O5. The molecule has 0 aliphatic carbocycles. The largest absolute Gasteiger partial charge is 0.462 e. The number of nitrogens with zero attached hydrogens (tertiary/aromatic N) is 3. The second kappa shape index (κ2) is 11.7. The lowest BCUT2D eigenvalue weighted by atomic mass is 9.90. The number of benzene rings is 2. The number of nitrogens with one attached hydrogen (secondary N) is 1. The fourth-order valence-corrected chi connectivity index (χ4v) is 4.65. The van der Waals surface area contributed by atoms with Gasteiger partial charge in [-0.1, -0.05) is 29.8 Å². The summed E-state index contributed by atoms with van der Waals surface area (Å²) in [5.41, 5.74) is 3.24. The van der Waals surface area contributed by atoms with E-state index < -0.39 is 11.6 Å². The molecule has 0 spiro atoms. The third-order valence-corrected chi connectivity index (χ3v) is 6.53. The van der Waals surface area contributed by atoms with E-state index in [0.717, 1.165) is 16.9 Å². The second-order valence-corrected chi connectivity index (χ2v) is 10.7. The fourth-order valence-electron chi connectivity index (χ4n) is 4.65. The van der Waals surface area contributed by atoms with Crippen LogP contribution in [0.15, 0.2) is 54.7 Å². The molecule has 1 saturated heterocycles. The number of rotatable bonds is 6. The lowest BCUT2D eigenvalue weighted by molar-refractivity contribution is 0.0203. The van der Waals surface area contributed by atoms with Crippen LogP contribution in [0.25, 0.3) is 5.69 Å². The van der Waals surface area contributed by atoms with Crippen LogP contribution in [0.2, 0.25) is 0 Å². The lowest BCUT2D eigenvalue weighted by Crippen LogP contribution is -2.41. The van der Waals surface area contributed by atoms with Crippen LogP contribution in [0, 0.1) is 6.92 Å². The lowest BCUT2D eigenvalue weighted by Gasteiger charge is -2.34. The van der Waals surface area contributed by atoms with Gasteiger partial charge in [-0.3, -0.25) is 4.79 Å². The topological polar surface area (TPSA) is 103 Å². The number of hydrogen-bond acceptors (Lipinski definition) is 6. The number of esters is 1. The Hall–Kier alpha value is -4.14. The zero-order valence-corrected chi connectivity index (χ0v) is 23.2. The second-order valence-electron chi connectivity index (χ2n) is 10.7. The van der Waals surface area contributed by atoms with E-state index >= 15 is 0 Å². The summed E-state index contributed by atoms with van der Waals surface area (Å²) in [5, 5.41) is 7.50. The molecule has 206 valence electrons. The molecule has 2 heterocycles. The molecule has 1 N–H and O–H groups in total. The highest BCUT2D eigenvalue weighted by Gasteiger charge is 2.32. The van der Waals surface area contributed by atoms with E-state index in [0.29, 0.717) is 37.2 Å². The summed E-state index contributed by atoms with van der Waals surface area (Å²) in [5.74, 6) is -0.887. The van der Waals surface area contributed by atoms with Crippen LogP contribution in [0.5, 0.6) is 0 Å². The summed E-state index contributed by atoms with van der Waals surface area (Å²) in [7, 11) is 0. The van der Waals surface area contributed by atoms with Gasteiger partial charge in [0.1, 0.15) is 5.60 Å². The van der Waals surface area contributed by atoms with Crippen molar-refractivity contribution in [3.05, 3.63) is 77.1 Å². The number of anilines is 1. The average molecular weight is 533 g/mol. The molecule has 39 heavy (non-hydrogen) atoms. The fraction of sp³-hybridized carbons (Fsp3) is 0.400. The summed E-state index contributed by atoms with van der Waals surface area (Å²) >= 11 is 0. The molecule has 4 rings (SSSR count). The van der Waals surface area contributed by atoms with Gasteiger partial charge in [0, 0.05) is 19.0 Å². The van der Waals surface area contributed by atoms with Gasteiger partial charge in [0.05, 0.1) is 41.0 Å². The summed E-state index contributed by atoms with van der Waals surface area (Å²) in [4.78, 5) is 40.4. The van der Waals surface area contributed by atoms with Crippen molar-refractivity contribution >= 4 is 23.7 Å². The van der Waals surface area contributed by atoms with Crippen molar-refractivity contribution in [1.82, 2.24) is 14.7 Å². The van der Waals surface area contributed by atoms with Crippen LogP contribution < -0.4 is 5.32 Å². The predicted octanol–water partition coefficient (Wildman–Crippen LogP) is 5.72. The van der Waals surface area contributed by atoms with Crippen molar-refractivity contribution < 1.29 is 23.9 Å². The van der Waals surface area contributed by atoms with Crippen molar-refractivity contribution in [2.75, 3.05) is 25.0 Å². The summed E-state index contributed by atoms with van der Waals surface area (Å²) < 4.78 is 12.5. The number of aromatic nitrogens is 2. The third kappa shape index (κ3) is 6.66. The van der Waals surface area contributed by atoms with Crippen molar-refractivity contribution in [2.45, 2.75) is 59.0 Å². The summed E-state index contributed by atoms with van der Waals surface area (Å²) in [6.07, 6.45) is 2.53. The monoisotopic (exact) mass is 532 g/mol. The number of piperidine rings is 1. The Kier molecular flexibility index (Phi) is 8.38. The molecule has 1 fully saturated rings. The van der Waals surface area contributed by atoms with Gasteiger partial charge in [-0.2, -0.15) is 5.10 Å². The minimum Gasteiger partial charge on any atom is -0.462 e. The molecule has 0 unspecified atom stereocenters. The first-order valence-electron chi connectivity index (χ1n) is 13.3. The van der Waals surface area contributed by atoms with Gasteiger partial charge in [0.25, 0.3) is 5.91 Å². The molecule has 1 aliphatic rings. The molecule has 1 aliphatic heterocycles. The molecular weight excluding hydrogens is 496 g/mol. The molecule has 2 aromatic carbocycles. The third-order valence-electron chi connectivity index (χ3n) is 6.53. The van der Waals surface area contributed by atoms with Crippen LogP contribution in [-0.2, 0) is 9.47 Å². The van der Waals surface area contributed by atoms with Crippen molar-refractivity contribution in [3.63, 3.8) is 0 Å². The van der Waals surface area contributed by atoms with E-state index in [-0.39, 0.29) is 30.1 Å². The number of carbonyl (C=O) groups excluding carboxylic acids is 3. The zero-order chi connectivity index (χ0) is 28.2. The highest BCUT2D eigenvalue weighted by Crippen LogP contribution is 2.33. The van der Waals surface area contributed by atoms with E-state index in [4.69, 9.17) is 9.47 Å². The van der Waals surface area contributed by atoms with Crippen LogP contribution in [0.3, 0.4) is 0 Å². The molecule has 9 heteroatoms.